The van der Waals surface area contributed by atoms with Gasteiger partial charge in [-0.2, -0.15) is 10.5 Å². The van der Waals surface area contributed by atoms with E-state index < -0.39 is 0 Å². The molecule has 1 saturated carbocycles. The van der Waals surface area contributed by atoms with Gasteiger partial charge in [-0.05, 0) is 48.6 Å². The van der Waals surface area contributed by atoms with Crippen LogP contribution in [0, 0.1) is 28.6 Å². The Labute approximate surface area is 133 Å². The minimum atomic E-state index is 0.591. The third-order valence-electron chi connectivity index (χ3n) is 4.43. The molecule has 2 rings (SSSR count). The summed E-state index contributed by atoms with van der Waals surface area (Å²) in [6.07, 6.45) is 7.21. The second kappa shape index (κ2) is 7.66. The van der Waals surface area contributed by atoms with Crippen LogP contribution in [-0.2, 0) is 0 Å². The number of hydrogen-bond acceptors (Lipinski definition) is 3. The van der Waals surface area contributed by atoms with E-state index >= 15 is 0 Å². The van der Waals surface area contributed by atoms with E-state index in [0.717, 1.165) is 18.4 Å². The van der Waals surface area contributed by atoms with E-state index in [1.807, 2.05) is 25.2 Å². The van der Waals surface area contributed by atoms with Crippen molar-refractivity contribution in [3.8, 4) is 12.1 Å². The molecule has 0 atom stereocenters. The van der Waals surface area contributed by atoms with Crippen LogP contribution in [0.4, 0.5) is 0 Å². The first-order chi connectivity index (χ1) is 10.6. The molecule has 114 valence electrons. The Balaban J connectivity index is 2.04. The van der Waals surface area contributed by atoms with Crippen LogP contribution in [0.15, 0.2) is 30.5 Å². The van der Waals surface area contributed by atoms with Crippen molar-refractivity contribution < 1.29 is 0 Å². The fourth-order valence-corrected chi connectivity index (χ4v) is 3.19. The Hall–Kier alpha value is -2.26. The molecule has 1 aromatic rings. The van der Waals surface area contributed by atoms with Crippen LogP contribution in [0.25, 0.3) is 5.57 Å². The van der Waals surface area contributed by atoms with Gasteiger partial charge in [0.1, 0.15) is 6.07 Å². The normalized spacial score (nSPS) is 21.7. The Morgan fingerprint density at radius 1 is 1.14 bits per heavy atom. The molecule has 0 aromatic heterocycles. The number of rotatable bonds is 4. The quantitative estimate of drug-likeness (QED) is 0.778. The van der Waals surface area contributed by atoms with Crippen LogP contribution in [-0.4, -0.2) is 19.0 Å². The van der Waals surface area contributed by atoms with Gasteiger partial charge in [0.15, 0.2) is 0 Å². The van der Waals surface area contributed by atoms with Crippen LogP contribution in [0.3, 0.4) is 0 Å². The first kappa shape index (κ1) is 16.1. The molecule has 1 aliphatic carbocycles. The average Bonchev–Trinajstić information content (AvgIpc) is 2.54. The highest BCUT2D eigenvalue weighted by Crippen LogP contribution is 2.37. The van der Waals surface area contributed by atoms with Gasteiger partial charge in [0.25, 0.3) is 0 Å². The summed E-state index contributed by atoms with van der Waals surface area (Å²) in [7, 11) is 3.84. The minimum absolute atomic E-state index is 0.591. The zero-order valence-corrected chi connectivity index (χ0v) is 13.4. The molecule has 3 nitrogen and oxygen atoms in total. The van der Waals surface area contributed by atoms with Crippen molar-refractivity contribution in [3.05, 3.63) is 41.6 Å². The zero-order valence-electron chi connectivity index (χ0n) is 13.4. The van der Waals surface area contributed by atoms with E-state index in [1.165, 1.54) is 18.4 Å². The van der Waals surface area contributed by atoms with Crippen LogP contribution in [0.1, 0.15) is 49.1 Å². The summed E-state index contributed by atoms with van der Waals surface area (Å²) in [5.41, 5.74) is 3.02. The first-order valence-electron chi connectivity index (χ1n) is 7.89. The third kappa shape index (κ3) is 4.12. The zero-order chi connectivity index (χ0) is 15.9. The summed E-state index contributed by atoms with van der Waals surface area (Å²) >= 11 is 0. The number of allylic oxidation sites excluding steroid dienone is 1. The molecule has 1 aromatic carbocycles. The fourth-order valence-electron chi connectivity index (χ4n) is 3.19. The van der Waals surface area contributed by atoms with E-state index in [9.17, 15) is 5.26 Å². The number of hydrogen-bond donors (Lipinski definition) is 0. The topological polar surface area (TPSA) is 50.8 Å². The van der Waals surface area contributed by atoms with Crippen molar-refractivity contribution in [1.82, 2.24) is 4.90 Å². The molecule has 0 N–H and O–H groups in total. The molecular weight excluding hydrogens is 270 g/mol. The fraction of sp³-hybridized carbons (Fsp3) is 0.474. The SMILES string of the molecule is CN(C)/C=C(\C#N)c1ccc(C2CCC(CC#N)CC2)cc1. The van der Waals surface area contributed by atoms with E-state index in [1.54, 1.807) is 0 Å². The molecule has 3 heteroatoms. The summed E-state index contributed by atoms with van der Waals surface area (Å²) in [6.45, 7) is 0. The van der Waals surface area contributed by atoms with Crippen molar-refractivity contribution in [2.75, 3.05) is 14.1 Å². The molecule has 0 spiro atoms. The van der Waals surface area contributed by atoms with Crippen molar-refractivity contribution >= 4 is 5.57 Å². The maximum absolute atomic E-state index is 9.25. The second-order valence-electron chi connectivity index (χ2n) is 6.32. The Bertz CT molecular complexity index is 591. The summed E-state index contributed by atoms with van der Waals surface area (Å²) < 4.78 is 0. The summed E-state index contributed by atoms with van der Waals surface area (Å²) in [6, 6.07) is 13.0. The highest BCUT2D eigenvalue weighted by atomic mass is 15.0. The van der Waals surface area contributed by atoms with E-state index in [0.29, 0.717) is 23.8 Å². The maximum Gasteiger partial charge on any atom is 0.101 e. The van der Waals surface area contributed by atoms with E-state index in [2.05, 4.69) is 36.4 Å². The molecule has 0 bridgehead atoms. The summed E-state index contributed by atoms with van der Waals surface area (Å²) in [5, 5.41) is 18.0. The smallest absolute Gasteiger partial charge is 0.101 e. The Morgan fingerprint density at radius 2 is 1.77 bits per heavy atom. The lowest BCUT2D eigenvalue weighted by Gasteiger charge is -2.27. The predicted octanol–water partition coefficient (Wildman–Crippen LogP) is 4.30. The lowest BCUT2D eigenvalue weighted by molar-refractivity contribution is 0.330. The molecule has 0 radical (unpaired) electrons. The Kier molecular flexibility index (Phi) is 5.61. The molecule has 0 heterocycles. The highest BCUT2D eigenvalue weighted by molar-refractivity contribution is 5.76. The van der Waals surface area contributed by atoms with Crippen molar-refractivity contribution in [3.63, 3.8) is 0 Å². The van der Waals surface area contributed by atoms with E-state index in [-0.39, 0.29) is 0 Å². The first-order valence-corrected chi connectivity index (χ1v) is 7.89. The molecule has 0 amide bonds. The molecule has 0 unspecified atom stereocenters. The van der Waals surface area contributed by atoms with Gasteiger partial charge in [-0.3, -0.25) is 0 Å². The van der Waals surface area contributed by atoms with Crippen LogP contribution >= 0.6 is 0 Å². The molecule has 0 saturated heterocycles. The third-order valence-corrected chi connectivity index (χ3v) is 4.43. The lowest BCUT2D eigenvalue weighted by atomic mass is 9.77. The largest absolute Gasteiger partial charge is 0.382 e. The predicted molar refractivity (Wildman–Crippen MR) is 88.6 cm³/mol. The minimum Gasteiger partial charge on any atom is -0.382 e. The van der Waals surface area contributed by atoms with Crippen molar-refractivity contribution in [2.24, 2.45) is 5.92 Å². The van der Waals surface area contributed by atoms with Gasteiger partial charge in [-0.1, -0.05) is 24.3 Å². The lowest BCUT2D eigenvalue weighted by Crippen LogP contribution is -2.12. The number of nitriles is 2. The monoisotopic (exact) mass is 293 g/mol. The van der Waals surface area contributed by atoms with Crippen LogP contribution in [0.5, 0.6) is 0 Å². The molecular formula is C19H23N3. The van der Waals surface area contributed by atoms with Gasteiger partial charge in [-0.15, -0.1) is 0 Å². The molecule has 1 fully saturated rings. The Morgan fingerprint density at radius 3 is 2.27 bits per heavy atom. The van der Waals surface area contributed by atoms with Gasteiger partial charge in [0.2, 0.25) is 0 Å². The maximum atomic E-state index is 9.25. The molecule has 22 heavy (non-hydrogen) atoms. The average molecular weight is 293 g/mol. The van der Waals surface area contributed by atoms with Crippen molar-refractivity contribution in [2.45, 2.75) is 38.0 Å². The van der Waals surface area contributed by atoms with Gasteiger partial charge < -0.3 is 4.90 Å². The summed E-state index contributed by atoms with van der Waals surface area (Å²) in [4.78, 5) is 1.89. The van der Waals surface area contributed by atoms with E-state index in [4.69, 9.17) is 5.26 Å². The summed E-state index contributed by atoms with van der Waals surface area (Å²) in [5.74, 6) is 1.20. The van der Waals surface area contributed by atoms with Gasteiger partial charge in [-0.25, -0.2) is 0 Å². The molecule has 1 aliphatic rings. The highest BCUT2D eigenvalue weighted by Gasteiger charge is 2.22. The van der Waals surface area contributed by atoms with Gasteiger partial charge in [0.05, 0.1) is 11.6 Å². The van der Waals surface area contributed by atoms with Crippen LogP contribution < -0.4 is 0 Å². The van der Waals surface area contributed by atoms with Gasteiger partial charge in [0, 0.05) is 26.7 Å². The number of nitrogens with zero attached hydrogens (tertiary/aromatic N) is 3. The number of benzene rings is 1. The van der Waals surface area contributed by atoms with Crippen LogP contribution in [0.2, 0.25) is 0 Å². The standard InChI is InChI=1S/C19H23N3/c1-22(2)14-19(13-21)18-9-7-17(8-10-18)16-5-3-15(4-6-16)11-12-20/h7-10,14-16H,3-6,11H2,1-2H3/b19-14+. The van der Waals surface area contributed by atoms with Gasteiger partial charge >= 0.3 is 0 Å². The molecule has 0 aliphatic heterocycles. The van der Waals surface area contributed by atoms with Crippen molar-refractivity contribution in [1.29, 1.82) is 10.5 Å². The second-order valence-corrected chi connectivity index (χ2v) is 6.32.